The number of benzene rings is 1. The van der Waals surface area contributed by atoms with Gasteiger partial charge in [-0.05, 0) is 49.5 Å². The standard InChI is InChI=1S/C22H32N4O9S/c1-11(27)18(21(33)24-15(22(34)35)7-8-36-2)26-20(32)16(10-17(29)30)25-19(31)14(23)9-12-3-5-13(28)6-4-12/h3-6,11,14-16,18,27-28H,7-10,23H2,1-2H3,(H,24,33)(H,25,31)(H,26,32)(H,29,30)(H,34,35). The third-order valence-electron chi connectivity index (χ3n) is 5.03. The number of hydrogen-bond donors (Lipinski definition) is 8. The molecule has 200 valence electrons. The molecule has 0 saturated heterocycles. The highest BCUT2D eigenvalue weighted by molar-refractivity contribution is 7.98. The molecule has 0 fully saturated rings. The number of carboxylic acids is 2. The van der Waals surface area contributed by atoms with Crippen LogP contribution in [-0.2, 0) is 30.4 Å². The van der Waals surface area contributed by atoms with Gasteiger partial charge in [-0.2, -0.15) is 11.8 Å². The average Bonchev–Trinajstić information content (AvgIpc) is 2.79. The van der Waals surface area contributed by atoms with E-state index in [0.29, 0.717) is 11.3 Å². The number of phenols is 1. The van der Waals surface area contributed by atoms with Gasteiger partial charge in [-0.3, -0.25) is 19.2 Å². The van der Waals surface area contributed by atoms with Crippen LogP contribution in [0.5, 0.6) is 5.75 Å². The van der Waals surface area contributed by atoms with Gasteiger partial charge in [0, 0.05) is 0 Å². The van der Waals surface area contributed by atoms with Gasteiger partial charge in [-0.15, -0.1) is 0 Å². The van der Waals surface area contributed by atoms with Crippen molar-refractivity contribution in [2.24, 2.45) is 5.73 Å². The van der Waals surface area contributed by atoms with Crippen LogP contribution in [0, 0.1) is 0 Å². The van der Waals surface area contributed by atoms with Crippen LogP contribution in [-0.4, -0.2) is 92.4 Å². The van der Waals surface area contributed by atoms with Gasteiger partial charge in [0.05, 0.1) is 18.6 Å². The normalized spacial score (nSPS) is 15.0. The molecule has 0 radical (unpaired) electrons. The van der Waals surface area contributed by atoms with Gasteiger partial charge in [0.2, 0.25) is 17.7 Å². The Bertz CT molecular complexity index is 927. The van der Waals surface area contributed by atoms with Crippen molar-refractivity contribution in [2.75, 3.05) is 12.0 Å². The molecule has 0 aliphatic carbocycles. The Balaban J connectivity index is 2.92. The summed E-state index contributed by atoms with van der Waals surface area (Å²) in [5, 5.41) is 44.5. The third-order valence-corrected chi connectivity index (χ3v) is 5.67. The van der Waals surface area contributed by atoms with Crippen molar-refractivity contribution in [3.63, 3.8) is 0 Å². The minimum atomic E-state index is -1.64. The van der Waals surface area contributed by atoms with Crippen molar-refractivity contribution >= 4 is 41.4 Å². The number of amides is 3. The summed E-state index contributed by atoms with van der Waals surface area (Å²) in [6.45, 7) is 1.18. The molecular weight excluding hydrogens is 496 g/mol. The Morgan fingerprint density at radius 3 is 2.03 bits per heavy atom. The molecule has 0 saturated carbocycles. The summed E-state index contributed by atoms with van der Waals surface area (Å²) < 4.78 is 0. The van der Waals surface area contributed by atoms with E-state index in [4.69, 9.17) is 5.73 Å². The van der Waals surface area contributed by atoms with E-state index in [1.165, 1.54) is 30.8 Å². The zero-order valence-corrected chi connectivity index (χ0v) is 20.7. The van der Waals surface area contributed by atoms with E-state index in [1.807, 2.05) is 0 Å². The molecule has 14 heteroatoms. The van der Waals surface area contributed by atoms with Crippen LogP contribution >= 0.6 is 11.8 Å². The summed E-state index contributed by atoms with van der Waals surface area (Å²) in [5.41, 5.74) is 6.48. The van der Waals surface area contributed by atoms with E-state index >= 15 is 0 Å². The number of hydrogen-bond acceptors (Lipinski definition) is 9. The summed E-state index contributed by atoms with van der Waals surface area (Å²) in [4.78, 5) is 60.6. The van der Waals surface area contributed by atoms with E-state index in [1.54, 1.807) is 18.4 Å². The number of aromatic hydroxyl groups is 1. The Morgan fingerprint density at radius 2 is 1.53 bits per heavy atom. The molecule has 0 bridgehead atoms. The Labute approximate surface area is 211 Å². The topological polar surface area (TPSA) is 228 Å². The van der Waals surface area contributed by atoms with Gasteiger partial charge in [0.15, 0.2) is 0 Å². The van der Waals surface area contributed by atoms with Gasteiger partial charge in [-0.1, -0.05) is 12.1 Å². The summed E-state index contributed by atoms with van der Waals surface area (Å²) >= 11 is 1.37. The largest absolute Gasteiger partial charge is 0.508 e. The number of nitrogens with one attached hydrogen (secondary N) is 3. The third kappa shape index (κ3) is 10.5. The SMILES string of the molecule is CSCCC(NC(=O)C(NC(=O)C(CC(=O)O)NC(=O)C(N)Cc1ccc(O)cc1)C(C)O)C(=O)O. The van der Waals surface area contributed by atoms with Gasteiger partial charge in [0.1, 0.15) is 23.9 Å². The van der Waals surface area contributed by atoms with Gasteiger partial charge in [0.25, 0.3) is 0 Å². The van der Waals surface area contributed by atoms with Crippen molar-refractivity contribution < 1.29 is 44.4 Å². The molecule has 5 atom stereocenters. The zero-order chi connectivity index (χ0) is 27.4. The van der Waals surface area contributed by atoms with Crippen LogP contribution in [0.2, 0.25) is 0 Å². The number of carboxylic acid groups (broad SMARTS) is 2. The molecule has 9 N–H and O–H groups in total. The molecular formula is C22H32N4O9S. The maximum atomic E-state index is 12.8. The first-order chi connectivity index (χ1) is 16.8. The summed E-state index contributed by atoms with van der Waals surface area (Å²) in [6, 6.07) is 0.195. The van der Waals surface area contributed by atoms with Crippen molar-refractivity contribution in [2.45, 2.75) is 56.5 Å². The second-order valence-electron chi connectivity index (χ2n) is 8.04. The fourth-order valence-corrected chi connectivity index (χ4v) is 3.53. The highest BCUT2D eigenvalue weighted by atomic mass is 32.2. The van der Waals surface area contributed by atoms with E-state index in [0.717, 1.165) is 0 Å². The Hall–Kier alpha value is -3.36. The number of carbonyl (C=O) groups is 5. The molecule has 1 aromatic rings. The maximum absolute atomic E-state index is 12.8. The first kappa shape index (κ1) is 30.7. The Morgan fingerprint density at radius 1 is 0.944 bits per heavy atom. The van der Waals surface area contributed by atoms with E-state index < -0.39 is 66.4 Å². The van der Waals surface area contributed by atoms with E-state index in [-0.39, 0.29) is 18.6 Å². The average molecular weight is 529 g/mol. The minimum Gasteiger partial charge on any atom is -0.508 e. The molecule has 0 heterocycles. The number of aliphatic hydroxyl groups is 1. The van der Waals surface area contributed by atoms with Gasteiger partial charge >= 0.3 is 11.9 Å². The molecule has 0 aliphatic rings. The molecule has 0 spiro atoms. The number of rotatable bonds is 15. The second-order valence-corrected chi connectivity index (χ2v) is 9.03. The number of aliphatic carboxylic acids is 2. The summed E-state index contributed by atoms with van der Waals surface area (Å²) in [6.07, 6.45) is -0.434. The van der Waals surface area contributed by atoms with E-state index in [2.05, 4.69) is 16.0 Å². The predicted molar refractivity (Wildman–Crippen MR) is 130 cm³/mol. The molecule has 0 aliphatic heterocycles. The first-order valence-corrected chi connectivity index (χ1v) is 12.3. The molecule has 3 amide bonds. The fraction of sp³-hybridized carbons (Fsp3) is 0.500. The maximum Gasteiger partial charge on any atom is 0.326 e. The van der Waals surface area contributed by atoms with Crippen molar-refractivity contribution in [1.82, 2.24) is 16.0 Å². The summed E-state index contributed by atoms with van der Waals surface area (Å²) in [7, 11) is 0. The number of thioether (sulfide) groups is 1. The van der Waals surface area contributed by atoms with Crippen LogP contribution < -0.4 is 21.7 Å². The van der Waals surface area contributed by atoms with Crippen LogP contribution in [0.4, 0.5) is 0 Å². The number of nitrogens with two attached hydrogens (primary N) is 1. The lowest BCUT2D eigenvalue weighted by Gasteiger charge is -2.26. The van der Waals surface area contributed by atoms with Crippen LogP contribution in [0.1, 0.15) is 25.3 Å². The lowest BCUT2D eigenvalue weighted by Crippen LogP contribution is -2.60. The first-order valence-electron chi connectivity index (χ1n) is 10.9. The van der Waals surface area contributed by atoms with E-state index in [9.17, 15) is 44.4 Å². The number of carbonyl (C=O) groups excluding carboxylic acids is 3. The highest BCUT2D eigenvalue weighted by Crippen LogP contribution is 2.11. The highest BCUT2D eigenvalue weighted by Gasteiger charge is 2.33. The zero-order valence-electron chi connectivity index (χ0n) is 19.8. The molecule has 0 aromatic heterocycles. The molecule has 1 aromatic carbocycles. The number of aliphatic hydroxyl groups excluding tert-OH is 1. The molecule has 36 heavy (non-hydrogen) atoms. The lowest BCUT2D eigenvalue weighted by molar-refractivity contribution is -0.144. The fourth-order valence-electron chi connectivity index (χ4n) is 3.05. The monoisotopic (exact) mass is 528 g/mol. The van der Waals surface area contributed by atoms with Gasteiger partial charge in [-0.25, -0.2) is 4.79 Å². The van der Waals surface area contributed by atoms with Crippen LogP contribution in [0.25, 0.3) is 0 Å². The molecule has 5 unspecified atom stereocenters. The molecule has 1 rings (SSSR count). The smallest absolute Gasteiger partial charge is 0.326 e. The van der Waals surface area contributed by atoms with Crippen molar-refractivity contribution in [3.8, 4) is 5.75 Å². The lowest BCUT2D eigenvalue weighted by atomic mass is 10.0. The summed E-state index contributed by atoms with van der Waals surface area (Å²) in [5.74, 6) is -5.19. The quantitative estimate of drug-likeness (QED) is 0.129. The Kier molecular flexibility index (Phi) is 12.7. The van der Waals surface area contributed by atoms with Crippen LogP contribution in [0.15, 0.2) is 24.3 Å². The van der Waals surface area contributed by atoms with Crippen molar-refractivity contribution in [1.29, 1.82) is 0 Å². The predicted octanol–water partition coefficient (Wildman–Crippen LogP) is -1.59. The van der Waals surface area contributed by atoms with Crippen molar-refractivity contribution in [3.05, 3.63) is 29.8 Å². The van der Waals surface area contributed by atoms with Crippen LogP contribution in [0.3, 0.4) is 0 Å². The minimum absolute atomic E-state index is 0.0191. The van der Waals surface area contributed by atoms with Gasteiger partial charge < -0.3 is 42.1 Å². The number of phenolic OH excluding ortho intramolecular Hbond substituents is 1. The second kappa shape index (κ2) is 14.9. The molecule has 13 nitrogen and oxygen atoms in total.